The van der Waals surface area contributed by atoms with E-state index in [0.717, 1.165) is 24.3 Å². The first-order valence-corrected chi connectivity index (χ1v) is 12.2. The molecule has 1 heterocycles. The van der Waals surface area contributed by atoms with E-state index in [1.165, 1.54) is 44.0 Å². The monoisotopic (exact) mass is 523 g/mol. The number of para-hydroxylation sites is 1. The van der Waals surface area contributed by atoms with Gasteiger partial charge in [0.1, 0.15) is 17.1 Å². The number of non-ortho nitro benzene ring substituents is 1. The largest absolute Gasteiger partial charge is 0.497 e. The van der Waals surface area contributed by atoms with Crippen LogP contribution in [0.4, 0.5) is 5.69 Å². The van der Waals surface area contributed by atoms with E-state index in [1.807, 2.05) is 0 Å². The molecular formula is C25H21N3O8S. The molecule has 0 fully saturated rings. The summed E-state index contributed by atoms with van der Waals surface area (Å²) in [6.45, 7) is 1.46. The van der Waals surface area contributed by atoms with Crippen molar-refractivity contribution in [2.45, 2.75) is 16.7 Å². The fourth-order valence-electron chi connectivity index (χ4n) is 3.61. The Morgan fingerprint density at radius 1 is 0.973 bits per heavy atom. The highest BCUT2D eigenvalue weighted by Gasteiger charge is 2.33. The van der Waals surface area contributed by atoms with E-state index in [1.54, 1.807) is 30.3 Å². The Hall–Kier alpha value is -4.71. The molecule has 0 aliphatic carbocycles. The average molecular weight is 524 g/mol. The second kappa shape index (κ2) is 10.1. The van der Waals surface area contributed by atoms with Crippen LogP contribution in [0.3, 0.4) is 0 Å². The molecular weight excluding hydrogens is 502 g/mol. The number of sulfone groups is 1. The maximum Gasteiger partial charge on any atom is 0.348 e. The van der Waals surface area contributed by atoms with Gasteiger partial charge >= 0.3 is 5.97 Å². The average Bonchev–Trinajstić information content (AvgIpc) is 3.24. The van der Waals surface area contributed by atoms with Crippen LogP contribution in [0.1, 0.15) is 16.1 Å². The second-order valence-corrected chi connectivity index (χ2v) is 9.56. The van der Waals surface area contributed by atoms with Gasteiger partial charge in [-0.05, 0) is 43.3 Å². The summed E-state index contributed by atoms with van der Waals surface area (Å²) in [7, 11) is -1.49. The topological polar surface area (TPSA) is 140 Å². The summed E-state index contributed by atoms with van der Waals surface area (Å²) in [6, 6.07) is 17.4. The van der Waals surface area contributed by atoms with Crippen molar-refractivity contribution in [3.05, 3.63) is 94.2 Å². The standard InChI is InChI=1S/C25H21N3O8S/c1-16-23(37(32,33)20-12-9-18(10-13-20)28(30)31)24(27(26-16)17-7-5-4-6-8-17)36-25(29)21-14-11-19(34-2)15-22(21)35-3/h4-15H,1-3H3. The Labute approximate surface area is 211 Å². The number of aromatic nitrogens is 2. The van der Waals surface area contributed by atoms with E-state index in [4.69, 9.17) is 14.2 Å². The van der Waals surface area contributed by atoms with Gasteiger partial charge in [0, 0.05) is 18.2 Å². The molecule has 0 bridgehead atoms. The Kier molecular flexibility index (Phi) is 6.94. The number of carbonyl (C=O) groups is 1. The van der Waals surface area contributed by atoms with Gasteiger partial charge in [-0.15, -0.1) is 0 Å². The van der Waals surface area contributed by atoms with Gasteiger partial charge in [-0.2, -0.15) is 9.78 Å². The lowest BCUT2D eigenvalue weighted by molar-refractivity contribution is -0.384. The number of nitro benzene ring substituents is 1. The SMILES string of the molecule is COc1ccc(C(=O)Oc2c(S(=O)(=O)c3ccc([N+](=O)[O-])cc3)c(C)nn2-c2ccccc2)c(OC)c1. The van der Waals surface area contributed by atoms with Gasteiger partial charge in [-0.3, -0.25) is 10.1 Å². The van der Waals surface area contributed by atoms with Gasteiger partial charge in [0.25, 0.3) is 5.69 Å². The van der Waals surface area contributed by atoms with Crippen LogP contribution in [0.25, 0.3) is 5.69 Å². The fraction of sp³-hybridized carbons (Fsp3) is 0.120. The third-order valence-corrected chi connectivity index (χ3v) is 7.31. The van der Waals surface area contributed by atoms with E-state index in [9.17, 15) is 23.3 Å². The number of ether oxygens (including phenoxy) is 3. The van der Waals surface area contributed by atoms with E-state index in [0.29, 0.717) is 11.4 Å². The third-order valence-electron chi connectivity index (χ3n) is 5.41. The molecule has 0 unspecified atom stereocenters. The molecule has 0 N–H and O–H groups in total. The van der Waals surface area contributed by atoms with Crippen LogP contribution in [-0.2, 0) is 9.84 Å². The van der Waals surface area contributed by atoms with Gasteiger partial charge < -0.3 is 14.2 Å². The molecule has 0 saturated heterocycles. The molecule has 11 nitrogen and oxygen atoms in total. The Morgan fingerprint density at radius 2 is 1.65 bits per heavy atom. The zero-order valence-corrected chi connectivity index (χ0v) is 20.8. The predicted octanol–water partition coefficient (Wildman–Crippen LogP) is 4.16. The van der Waals surface area contributed by atoms with Crippen LogP contribution in [-0.4, -0.2) is 43.3 Å². The molecule has 4 aromatic rings. The summed E-state index contributed by atoms with van der Waals surface area (Å²) in [5, 5.41) is 15.4. The van der Waals surface area contributed by atoms with Crippen molar-refractivity contribution >= 4 is 21.5 Å². The number of nitro groups is 1. The number of nitrogens with zero attached hydrogens (tertiary/aromatic N) is 3. The highest BCUT2D eigenvalue weighted by atomic mass is 32.2. The van der Waals surface area contributed by atoms with Crippen LogP contribution in [0.15, 0.2) is 82.6 Å². The van der Waals surface area contributed by atoms with Gasteiger partial charge in [-0.25, -0.2) is 13.2 Å². The number of methoxy groups -OCH3 is 2. The Bertz CT molecular complexity index is 1580. The summed E-state index contributed by atoms with van der Waals surface area (Å²) in [6.07, 6.45) is 0. The lowest BCUT2D eigenvalue weighted by Crippen LogP contribution is -2.15. The van der Waals surface area contributed by atoms with Gasteiger partial charge in [0.05, 0.1) is 35.4 Å². The maximum absolute atomic E-state index is 13.7. The lowest BCUT2D eigenvalue weighted by atomic mass is 10.2. The number of aryl methyl sites for hydroxylation is 1. The minimum Gasteiger partial charge on any atom is -0.497 e. The molecule has 0 spiro atoms. The smallest absolute Gasteiger partial charge is 0.348 e. The first-order valence-electron chi connectivity index (χ1n) is 10.8. The molecule has 0 saturated carbocycles. The molecule has 0 aliphatic rings. The van der Waals surface area contributed by atoms with E-state index in [2.05, 4.69) is 5.10 Å². The van der Waals surface area contributed by atoms with Crippen molar-refractivity contribution in [2.75, 3.05) is 14.2 Å². The summed E-state index contributed by atoms with van der Waals surface area (Å²) in [5.74, 6) is -0.631. The maximum atomic E-state index is 13.7. The van der Waals surface area contributed by atoms with Crippen LogP contribution in [0, 0.1) is 17.0 Å². The van der Waals surface area contributed by atoms with Crippen LogP contribution in [0.5, 0.6) is 17.4 Å². The van der Waals surface area contributed by atoms with Gasteiger partial charge in [0.15, 0.2) is 4.90 Å². The zero-order valence-electron chi connectivity index (χ0n) is 19.9. The first-order chi connectivity index (χ1) is 17.7. The summed E-state index contributed by atoms with van der Waals surface area (Å²) >= 11 is 0. The van der Waals surface area contributed by atoms with E-state index in [-0.39, 0.29) is 38.4 Å². The minimum absolute atomic E-state index is 0.0282. The normalized spacial score (nSPS) is 11.1. The molecule has 1 aromatic heterocycles. The number of hydrogen-bond acceptors (Lipinski definition) is 9. The number of benzene rings is 3. The molecule has 3 aromatic carbocycles. The summed E-state index contributed by atoms with van der Waals surface area (Å²) in [4.78, 5) is 23.1. The molecule has 0 radical (unpaired) electrons. The summed E-state index contributed by atoms with van der Waals surface area (Å²) < 4.78 is 44.7. The highest BCUT2D eigenvalue weighted by molar-refractivity contribution is 7.91. The number of rotatable bonds is 8. The Morgan fingerprint density at radius 3 is 2.24 bits per heavy atom. The predicted molar refractivity (Wildman–Crippen MR) is 131 cm³/mol. The van der Waals surface area contributed by atoms with Crippen molar-refractivity contribution in [3.63, 3.8) is 0 Å². The fourth-order valence-corrected chi connectivity index (χ4v) is 5.13. The number of hydrogen-bond donors (Lipinski definition) is 0. The lowest BCUT2D eigenvalue weighted by Gasteiger charge is -2.13. The molecule has 0 aliphatic heterocycles. The van der Waals surface area contributed by atoms with Crippen LogP contribution < -0.4 is 14.2 Å². The quantitative estimate of drug-likeness (QED) is 0.189. The Balaban J connectivity index is 1.87. The number of esters is 1. The third kappa shape index (κ3) is 4.86. The molecule has 0 atom stereocenters. The highest BCUT2D eigenvalue weighted by Crippen LogP contribution is 2.36. The van der Waals surface area contributed by atoms with Crippen LogP contribution in [0.2, 0.25) is 0 Å². The number of carbonyl (C=O) groups excluding carboxylic acids is 1. The molecule has 12 heteroatoms. The van der Waals surface area contributed by atoms with Gasteiger partial charge in [0.2, 0.25) is 15.7 Å². The molecule has 4 rings (SSSR count). The molecule has 190 valence electrons. The van der Waals surface area contributed by atoms with Crippen molar-refractivity contribution in [1.82, 2.24) is 9.78 Å². The van der Waals surface area contributed by atoms with Crippen molar-refractivity contribution in [3.8, 4) is 23.1 Å². The van der Waals surface area contributed by atoms with Crippen molar-refractivity contribution < 1.29 is 32.3 Å². The van der Waals surface area contributed by atoms with Crippen molar-refractivity contribution in [2.24, 2.45) is 0 Å². The molecule has 37 heavy (non-hydrogen) atoms. The molecule has 0 amide bonds. The minimum atomic E-state index is -4.32. The zero-order chi connectivity index (χ0) is 26.7. The second-order valence-electron chi connectivity index (χ2n) is 7.68. The summed E-state index contributed by atoms with van der Waals surface area (Å²) in [5.41, 5.74) is 0.265. The first kappa shape index (κ1) is 25.4. The van der Waals surface area contributed by atoms with Crippen LogP contribution >= 0.6 is 0 Å². The van der Waals surface area contributed by atoms with Gasteiger partial charge in [-0.1, -0.05) is 18.2 Å². The van der Waals surface area contributed by atoms with E-state index < -0.39 is 20.7 Å². The van der Waals surface area contributed by atoms with Crippen molar-refractivity contribution in [1.29, 1.82) is 0 Å². The van der Waals surface area contributed by atoms with E-state index >= 15 is 0 Å².